The summed E-state index contributed by atoms with van der Waals surface area (Å²) in [6.07, 6.45) is 1.69. The van der Waals surface area contributed by atoms with E-state index in [0.717, 1.165) is 5.39 Å². The summed E-state index contributed by atoms with van der Waals surface area (Å²) in [5, 5.41) is 21.4. The largest absolute Gasteiger partial charge is 0.507 e. The van der Waals surface area contributed by atoms with E-state index >= 15 is 0 Å². The average Bonchev–Trinajstić information content (AvgIpc) is 3.08. The fraction of sp³-hybridized carbons (Fsp3) is 0.409. The summed E-state index contributed by atoms with van der Waals surface area (Å²) in [5.74, 6) is -1.46. The second kappa shape index (κ2) is 7.06. The molecule has 0 unspecified atom stereocenters. The highest BCUT2D eigenvalue weighted by atomic mass is 16.4. The molecule has 2 aromatic carbocycles. The highest BCUT2D eigenvalue weighted by Crippen LogP contribution is 2.44. The lowest BCUT2D eigenvalue weighted by molar-refractivity contribution is -0.147. The predicted octanol–water partition coefficient (Wildman–Crippen LogP) is 2.47. The smallest absolute Gasteiger partial charge is 0.326 e. The molecular weight excluding hydrogens is 372 g/mol. The topological polar surface area (TPSA) is 98.2 Å². The van der Waals surface area contributed by atoms with Crippen LogP contribution in [0.15, 0.2) is 36.4 Å². The molecule has 2 fully saturated rings. The Hall–Kier alpha value is -3.09. The van der Waals surface area contributed by atoms with Gasteiger partial charge in [-0.2, -0.15) is 0 Å². The first-order valence-electron chi connectivity index (χ1n) is 9.81. The first-order valence-corrected chi connectivity index (χ1v) is 9.81. The molecular formula is C22H24N2O5. The van der Waals surface area contributed by atoms with Crippen molar-refractivity contribution in [3.63, 3.8) is 0 Å². The number of phenols is 1. The molecule has 2 heterocycles. The minimum absolute atomic E-state index is 0.0384. The molecule has 2 aromatic rings. The molecule has 1 spiro atoms. The molecule has 0 aromatic heterocycles. The number of carbonyl (C=O) groups excluding carboxylic acids is 2. The molecule has 2 amide bonds. The number of aliphatic carboxylic acids is 1. The number of nitrogens with zero attached hydrogens (tertiary/aromatic N) is 2. The number of amides is 2. The van der Waals surface area contributed by atoms with Gasteiger partial charge in [-0.05, 0) is 41.5 Å². The summed E-state index contributed by atoms with van der Waals surface area (Å²) in [6.45, 7) is 2.76. The average molecular weight is 396 g/mol. The molecule has 7 heteroatoms. The third-order valence-corrected chi connectivity index (χ3v) is 6.43. The van der Waals surface area contributed by atoms with Crippen LogP contribution in [0.2, 0.25) is 0 Å². The van der Waals surface area contributed by atoms with Crippen LogP contribution in [0.4, 0.5) is 0 Å². The Morgan fingerprint density at radius 3 is 2.38 bits per heavy atom. The Morgan fingerprint density at radius 2 is 1.76 bits per heavy atom. The van der Waals surface area contributed by atoms with Crippen LogP contribution in [0.5, 0.6) is 5.75 Å². The Morgan fingerprint density at radius 1 is 1.07 bits per heavy atom. The number of hydrogen-bond acceptors (Lipinski definition) is 4. The molecule has 152 valence electrons. The third kappa shape index (κ3) is 3.30. The van der Waals surface area contributed by atoms with Gasteiger partial charge >= 0.3 is 5.97 Å². The van der Waals surface area contributed by atoms with Crippen molar-refractivity contribution in [1.29, 1.82) is 0 Å². The third-order valence-electron chi connectivity index (χ3n) is 6.43. The Bertz CT molecular complexity index is 970. The number of carboxylic acid groups (broad SMARTS) is 1. The first kappa shape index (κ1) is 19.2. The predicted molar refractivity (Wildman–Crippen MR) is 107 cm³/mol. The summed E-state index contributed by atoms with van der Waals surface area (Å²) in [7, 11) is 0. The zero-order valence-corrected chi connectivity index (χ0v) is 16.3. The minimum Gasteiger partial charge on any atom is -0.507 e. The highest BCUT2D eigenvalue weighted by Gasteiger charge is 2.49. The van der Waals surface area contributed by atoms with Gasteiger partial charge in [0.1, 0.15) is 11.8 Å². The quantitative estimate of drug-likeness (QED) is 0.813. The van der Waals surface area contributed by atoms with Crippen molar-refractivity contribution in [1.82, 2.24) is 9.80 Å². The number of hydrogen-bond donors (Lipinski definition) is 2. The molecule has 2 saturated heterocycles. The van der Waals surface area contributed by atoms with E-state index < -0.39 is 12.0 Å². The van der Waals surface area contributed by atoms with Gasteiger partial charge in [0.05, 0.1) is 5.56 Å². The number of piperidine rings is 1. The molecule has 0 radical (unpaired) electrons. The van der Waals surface area contributed by atoms with Crippen LogP contribution in [0.25, 0.3) is 10.8 Å². The molecule has 4 rings (SSSR count). The summed E-state index contributed by atoms with van der Waals surface area (Å²) < 4.78 is 0. The fourth-order valence-corrected chi connectivity index (χ4v) is 4.80. The van der Waals surface area contributed by atoms with Gasteiger partial charge in [-0.1, -0.05) is 30.3 Å². The first-order chi connectivity index (χ1) is 13.8. The van der Waals surface area contributed by atoms with Gasteiger partial charge in [0.25, 0.3) is 5.91 Å². The van der Waals surface area contributed by atoms with E-state index in [1.54, 1.807) is 17.0 Å². The van der Waals surface area contributed by atoms with E-state index in [1.165, 1.54) is 11.8 Å². The van der Waals surface area contributed by atoms with Gasteiger partial charge in [0, 0.05) is 26.6 Å². The van der Waals surface area contributed by atoms with Crippen LogP contribution < -0.4 is 0 Å². The summed E-state index contributed by atoms with van der Waals surface area (Å²) in [6, 6.07) is 9.98. The number of phenolic OH excluding ortho intramolecular Hbond substituents is 1. The van der Waals surface area contributed by atoms with Crippen molar-refractivity contribution in [3.05, 3.63) is 42.0 Å². The van der Waals surface area contributed by atoms with Crippen LogP contribution in [-0.4, -0.2) is 63.5 Å². The zero-order chi connectivity index (χ0) is 20.8. The van der Waals surface area contributed by atoms with E-state index in [9.17, 15) is 24.6 Å². The Balaban J connectivity index is 1.54. The molecule has 0 bridgehead atoms. The van der Waals surface area contributed by atoms with Gasteiger partial charge in [0.15, 0.2) is 0 Å². The normalized spacial score (nSPS) is 20.9. The molecule has 0 aliphatic carbocycles. The van der Waals surface area contributed by atoms with E-state index in [0.29, 0.717) is 49.8 Å². The van der Waals surface area contributed by atoms with E-state index in [2.05, 4.69) is 0 Å². The van der Waals surface area contributed by atoms with Crippen LogP contribution in [0.1, 0.15) is 36.5 Å². The lowest BCUT2D eigenvalue weighted by Crippen LogP contribution is -2.44. The number of benzene rings is 2. The van der Waals surface area contributed by atoms with Gasteiger partial charge in [-0.3, -0.25) is 9.59 Å². The molecule has 7 nitrogen and oxygen atoms in total. The lowest BCUT2D eigenvalue weighted by atomic mass is 9.76. The number of carboxylic acids is 1. The summed E-state index contributed by atoms with van der Waals surface area (Å²) >= 11 is 0. The maximum atomic E-state index is 13.2. The van der Waals surface area contributed by atoms with Crippen molar-refractivity contribution in [2.24, 2.45) is 5.41 Å². The van der Waals surface area contributed by atoms with Crippen LogP contribution in [0, 0.1) is 5.41 Å². The Labute approximate surface area is 168 Å². The van der Waals surface area contributed by atoms with Crippen LogP contribution >= 0.6 is 0 Å². The SMILES string of the molecule is CC(=O)N1CC2(CCN(C(=O)c3c(O)ccc4ccccc34)CC2)C[C@H]1C(=O)O. The van der Waals surface area contributed by atoms with Crippen LogP contribution in [0.3, 0.4) is 0 Å². The zero-order valence-electron chi connectivity index (χ0n) is 16.3. The Kier molecular flexibility index (Phi) is 4.68. The van der Waals surface area contributed by atoms with Gasteiger partial charge in [0.2, 0.25) is 5.91 Å². The van der Waals surface area contributed by atoms with Gasteiger partial charge < -0.3 is 20.0 Å². The number of aromatic hydroxyl groups is 1. The summed E-state index contributed by atoms with van der Waals surface area (Å²) in [4.78, 5) is 39.8. The standard InChI is InChI=1S/C22H24N2O5/c1-14(25)24-13-22(12-17(24)21(28)29)8-10-23(11-9-22)20(27)19-16-5-3-2-4-15(16)6-7-18(19)26/h2-7,17,26H,8-13H2,1H3,(H,28,29)/t17-/m0/s1. The van der Waals surface area contributed by atoms with Gasteiger partial charge in [-0.25, -0.2) is 4.79 Å². The molecule has 2 aliphatic rings. The molecule has 2 aliphatic heterocycles. The highest BCUT2D eigenvalue weighted by molar-refractivity contribution is 6.09. The van der Waals surface area contributed by atoms with Crippen molar-refractivity contribution in [3.8, 4) is 5.75 Å². The van der Waals surface area contributed by atoms with Crippen molar-refractivity contribution < 1.29 is 24.6 Å². The number of likely N-dealkylation sites (tertiary alicyclic amines) is 2. The number of rotatable bonds is 2. The van der Waals surface area contributed by atoms with Crippen molar-refractivity contribution in [2.75, 3.05) is 19.6 Å². The van der Waals surface area contributed by atoms with E-state index in [4.69, 9.17) is 0 Å². The van der Waals surface area contributed by atoms with E-state index in [1.807, 2.05) is 24.3 Å². The van der Waals surface area contributed by atoms with E-state index in [-0.39, 0.29) is 23.0 Å². The summed E-state index contributed by atoms with van der Waals surface area (Å²) in [5.41, 5.74) is 0.0333. The maximum Gasteiger partial charge on any atom is 0.326 e. The maximum absolute atomic E-state index is 13.2. The second-order valence-electron chi connectivity index (χ2n) is 8.18. The van der Waals surface area contributed by atoms with Gasteiger partial charge in [-0.15, -0.1) is 0 Å². The molecule has 1 atom stereocenters. The molecule has 29 heavy (non-hydrogen) atoms. The lowest BCUT2D eigenvalue weighted by Gasteiger charge is -2.39. The molecule has 0 saturated carbocycles. The number of fused-ring (bicyclic) bond motifs is 1. The number of carbonyl (C=O) groups is 3. The van der Waals surface area contributed by atoms with Crippen LogP contribution in [-0.2, 0) is 9.59 Å². The fourth-order valence-electron chi connectivity index (χ4n) is 4.80. The minimum atomic E-state index is -0.976. The van der Waals surface area contributed by atoms with Crippen molar-refractivity contribution >= 4 is 28.6 Å². The molecule has 2 N–H and O–H groups in total. The second-order valence-corrected chi connectivity index (χ2v) is 8.18. The van der Waals surface area contributed by atoms with Crippen molar-refractivity contribution in [2.45, 2.75) is 32.2 Å². The monoisotopic (exact) mass is 396 g/mol.